The summed E-state index contributed by atoms with van der Waals surface area (Å²) in [5.41, 5.74) is 1.48. The van der Waals surface area contributed by atoms with Crippen molar-refractivity contribution in [2.75, 3.05) is 17.7 Å². The van der Waals surface area contributed by atoms with E-state index in [1.165, 1.54) is 0 Å². The highest BCUT2D eigenvalue weighted by molar-refractivity contribution is 6.17. The van der Waals surface area contributed by atoms with Gasteiger partial charge in [0.15, 0.2) is 0 Å². The van der Waals surface area contributed by atoms with Crippen LogP contribution < -0.4 is 5.32 Å². The van der Waals surface area contributed by atoms with Crippen LogP contribution >= 0.6 is 11.6 Å². The molecule has 84 valence electrons. The fourth-order valence-corrected chi connectivity index (χ4v) is 1.32. The van der Waals surface area contributed by atoms with E-state index in [2.05, 4.69) is 5.32 Å². The molecule has 5 heteroatoms. The number of nitrogens with one attached hydrogen (secondary N) is 1. The Morgan fingerprint density at radius 2 is 1.73 bits per heavy atom. The van der Waals surface area contributed by atoms with E-state index in [1.54, 1.807) is 24.3 Å². The molecule has 0 bridgehead atoms. The zero-order valence-corrected chi connectivity index (χ0v) is 8.70. The van der Waals surface area contributed by atoms with Crippen LogP contribution in [0.15, 0.2) is 24.3 Å². The van der Waals surface area contributed by atoms with Crippen LogP contribution in [0.5, 0.6) is 0 Å². The van der Waals surface area contributed by atoms with Gasteiger partial charge in [0.05, 0.1) is 0 Å². The van der Waals surface area contributed by atoms with Crippen LogP contribution in [0.1, 0.15) is 5.56 Å². The molecule has 1 N–H and O–H groups in total. The predicted octanol–water partition coefficient (Wildman–Crippen LogP) is 3.44. The fourth-order valence-electron chi connectivity index (χ4n) is 1.10. The molecule has 0 amide bonds. The molecule has 0 aliphatic carbocycles. The van der Waals surface area contributed by atoms with Crippen molar-refractivity contribution in [2.24, 2.45) is 0 Å². The van der Waals surface area contributed by atoms with Gasteiger partial charge in [0.25, 0.3) is 0 Å². The molecule has 0 unspecified atom stereocenters. The Morgan fingerprint density at radius 3 is 2.20 bits per heavy atom. The van der Waals surface area contributed by atoms with Crippen LogP contribution in [0.25, 0.3) is 0 Å². The predicted molar refractivity (Wildman–Crippen MR) is 55.4 cm³/mol. The summed E-state index contributed by atoms with van der Waals surface area (Å²) in [5, 5.41) is 2.30. The Bertz CT molecular complexity index is 295. The van der Waals surface area contributed by atoms with Crippen LogP contribution in [-0.4, -0.2) is 18.6 Å². The van der Waals surface area contributed by atoms with Gasteiger partial charge in [-0.3, -0.25) is 0 Å². The van der Waals surface area contributed by atoms with Gasteiger partial charge in [-0.25, -0.2) is 0 Å². The van der Waals surface area contributed by atoms with Gasteiger partial charge in [-0.1, -0.05) is 12.1 Å². The molecule has 0 atom stereocenters. The molecular formula is C10H11ClF3N. The maximum Gasteiger partial charge on any atom is 0.405 e. The van der Waals surface area contributed by atoms with Gasteiger partial charge in [-0.15, -0.1) is 11.6 Å². The molecule has 0 aliphatic rings. The van der Waals surface area contributed by atoms with E-state index in [0.717, 1.165) is 12.0 Å². The first-order valence-corrected chi connectivity index (χ1v) is 5.00. The Kier molecular flexibility index (Phi) is 4.27. The lowest BCUT2D eigenvalue weighted by molar-refractivity contribution is -0.115. The van der Waals surface area contributed by atoms with Gasteiger partial charge in [0.1, 0.15) is 6.54 Å². The van der Waals surface area contributed by atoms with E-state index < -0.39 is 12.7 Å². The lowest BCUT2D eigenvalue weighted by Crippen LogP contribution is -2.21. The SMILES string of the molecule is FC(F)(F)CNc1ccc(CCCl)cc1. The lowest BCUT2D eigenvalue weighted by atomic mass is 10.1. The summed E-state index contributed by atoms with van der Waals surface area (Å²) < 4.78 is 35.6. The fraction of sp³-hybridized carbons (Fsp3) is 0.400. The number of hydrogen-bond acceptors (Lipinski definition) is 1. The first kappa shape index (κ1) is 12.2. The van der Waals surface area contributed by atoms with Crippen molar-refractivity contribution >= 4 is 17.3 Å². The third-order valence-electron chi connectivity index (χ3n) is 1.83. The van der Waals surface area contributed by atoms with Crippen molar-refractivity contribution in [3.8, 4) is 0 Å². The zero-order chi connectivity index (χ0) is 11.3. The Hall–Kier alpha value is -0.900. The van der Waals surface area contributed by atoms with Crippen molar-refractivity contribution in [2.45, 2.75) is 12.6 Å². The van der Waals surface area contributed by atoms with E-state index >= 15 is 0 Å². The van der Waals surface area contributed by atoms with E-state index in [1.807, 2.05) is 0 Å². The maximum absolute atomic E-state index is 11.9. The van der Waals surface area contributed by atoms with Gasteiger partial charge >= 0.3 is 6.18 Å². The molecule has 0 fully saturated rings. The molecule has 0 aromatic heterocycles. The smallest absolute Gasteiger partial charge is 0.376 e. The molecule has 1 rings (SSSR count). The summed E-state index contributed by atoms with van der Waals surface area (Å²) in [6, 6.07) is 6.77. The molecule has 15 heavy (non-hydrogen) atoms. The quantitative estimate of drug-likeness (QED) is 0.791. The van der Waals surface area contributed by atoms with Crippen molar-refractivity contribution in [3.05, 3.63) is 29.8 Å². The minimum absolute atomic E-state index is 0.464. The van der Waals surface area contributed by atoms with Crippen LogP contribution in [-0.2, 0) is 6.42 Å². The summed E-state index contributed by atoms with van der Waals surface area (Å²) >= 11 is 5.53. The summed E-state index contributed by atoms with van der Waals surface area (Å²) in [7, 11) is 0. The molecular weight excluding hydrogens is 227 g/mol. The monoisotopic (exact) mass is 237 g/mol. The normalized spacial score (nSPS) is 11.5. The van der Waals surface area contributed by atoms with Crippen LogP contribution in [0.3, 0.4) is 0 Å². The topological polar surface area (TPSA) is 12.0 Å². The Morgan fingerprint density at radius 1 is 1.13 bits per heavy atom. The third-order valence-corrected chi connectivity index (χ3v) is 2.02. The van der Waals surface area contributed by atoms with Crippen molar-refractivity contribution in [1.82, 2.24) is 0 Å². The molecule has 0 spiro atoms. The highest BCUT2D eigenvalue weighted by Crippen LogP contribution is 2.17. The highest BCUT2D eigenvalue weighted by Gasteiger charge is 2.26. The number of halogens is 4. The van der Waals surface area contributed by atoms with Crippen LogP contribution in [0.4, 0.5) is 18.9 Å². The number of rotatable bonds is 4. The molecule has 0 heterocycles. The minimum atomic E-state index is -4.19. The van der Waals surface area contributed by atoms with E-state index in [0.29, 0.717) is 11.6 Å². The van der Waals surface area contributed by atoms with Crippen molar-refractivity contribution in [3.63, 3.8) is 0 Å². The van der Waals surface area contributed by atoms with Gasteiger partial charge in [0, 0.05) is 11.6 Å². The lowest BCUT2D eigenvalue weighted by Gasteiger charge is -2.09. The second kappa shape index (κ2) is 5.26. The first-order valence-electron chi connectivity index (χ1n) is 4.47. The van der Waals surface area contributed by atoms with E-state index in [9.17, 15) is 13.2 Å². The van der Waals surface area contributed by atoms with Gasteiger partial charge < -0.3 is 5.32 Å². The molecule has 0 radical (unpaired) electrons. The number of aryl methyl sites for hydroxylation is 1. The first-order chi connectivity index (χ1) is 7.01. The molecule has 1 aromatic rings. The summed E-state index contributed by atoms with van der Waals surface area (Å²) in [4.78, 5) is 0. The molecule has 0 saturated heterocycles. The van der Waals surface area contributed by atoms with Crippen LogP contribution in [0.2, 0.25) is 0 Å². The highest BCUT2D eigenvalue weighted by atomic mass is 35.5. The van der Waals surface area contributed by atoms with E-state index in [-0.39, 0.29) is 0 Å². The Balaban J connectivity index is 2.50. The second-order valence-corrected chi connectivity index (χ2v) is 3.48. The van der Waals surface area contributed by atoms with Crippen molar-refractivity contribution < 1.29 is 13.2 Å². The van der Waals surface area contributed by atoms with E-state index in [4.69, 9.17) is 11.6 Å². The molecule has 0 saturated carbocycles. The van der Waals surface area contributed by atoms with Gasteiger partial charge in [0.2, 0.25) is 0 Å². The van der Waals surface area contributed by atoms with Gasteiger partial charge in [-0.05, 0) is 24.1 Å². The standard InChI is InChI=1S/C10H11ClF3N/c11-6-5-8-1-3-9(4-2-8)15-7-10(12,13)14/h1-4,15H,5-7H2. The summed E-state index contributed by atoms with van der Waals surface area (Å²) in [6.45, 7) is -1.01. The third kappa shape index (κ3) is 4.93. The van der Waals surface area contributed by atoms with Gasteiger partial charge in [-0.2, -0.15) is 13.2 Å². The number of anilines is 1. The number of benzene rings is 1. The molecule has 1 aromatic carbocycles. The summed E-state index contributed by atoms with van der Waals surface area (Å²) in [6.07, 6.45) is -3.46. The second-order valence-electron chi connectivity index (χ2n) is 3.10. The largest absolute Gasteiger partial charge is 0.405 e. The molecule has 1 nitrogen and oxygen atoms in total. The zero-order valence-electron chi connectivity index (χ0n) is 7.94. The van der Waals surface area contributed by atoms with Crippen molar-refractivity contribution in [1.29, 1.82) is 0 Å². The average Bonchev–Trinajstić information content (AvgIpc) is 2.16. The minimum Gasteiger partial charge on any atom is -0.376 e. The maximum atomic E-state index is 11.9. The summed E-state index contributed by atoms with van der Waals surface area (Å²) in [5.74, 6) is 0.509. The molecule has 0 aliphatic heterocycles. The number of hydrogen-bond donors (Lipinski definition) is 1. The Labute approximate surface area is 91.2 Å². The van der Waals surface area contributed by atoms with Crippen LogP contribution in [0, 0.1) is 0 Å². The number of alkyl halides is 4. The average molecular weight is 238 g/mol.